The minimum absolute atomic E-state index is 0.0781. The van der Waals surface area contributed by atoms with Crippen LogP contribution in [0.1, 0.15) is 20.8 Å². The second kappa shape index (κ2) is 3.26. The molecule has 0 spiro atoms. The van der Waals surface area contributed by atoms with Crippen molar-refractivity contribution >= 4 is 5.91 Å². The molecule has 2 heterocycles. The van der Waals surface area contributed by atoms with Crippen molar-refractivity contribution in [1.29, 1.82) is 0 Å². The van der Waals surface area contributed by atoms with E-state index in [1.165, 1.54) is 0 Å². The SMILES string of the molecule is CC(C)(C)C1=CCN2C=CC=CN2C1=O. The fourth-order valence-corrected chi connectivity index (χ4v) is 1.79. The molecule has 0 unspecified atom stereocenters. The molecule has 0 saturated carbocycles. The summed E-state index contributed by atoms with van der Waals surface area (Å²) in [4.78, 5) is 12.1. The summed E-state index contributed by atoms with van der Waals surface area (Å²) < 4.78 is 0. The summed E-state index contributed by atoms with van der Waals surface area (Å²) >= 11 is 0. The van der Waals surface area contributed by atoms with E-state index in [0.29, 0.717) is 0 Å². The summed E-state index contributed by atoms with van der Waals surface area (Å²) in [5.41, 5.74) is 0.803. The lowest BCUT2D eigenvalue weighted by Gasteiger charge is -2.39. The molecule has 3 heteroatoms. The van der Waals surface area contributed by atoms with Gasteiger partial charge in [-0.1, -0.05) is 26.8 Å². The van der Waals surface area contributed by atoms with Gasteiger partial charge in [0.25, 0.3) is 5.91 Å². The molecule has 0 bridgehead atoms. The smallest absolute Gasteiger partial charge is 0.272 e. The standard InChI is InChI=1S/C12H16N2O/c1-12(2,3)10-6-9-13-7-4-5-8-14(13)11(10)15/h4-8H,9H2,1-3H3. The van der Waals surface area contributed by atoms with Crippen LogP contribution in [0.25, 0.3) is 0 Å². The summed E-state index contributed by atoms with van der Waals surface area (Å²) in [7, 11) is 0. The van der Waals surface area contributed by atoms with Crippen molar-refractivity contribution in [3.8, 4) is 0 Å². The number of hydrogen-bond donors (Lipinski definition) is 0. The highest BCUT2D eigenvalue weighted by atomic mass is 16.2. The molecule has 80 valence electrons. The molecule has 0 N–H and O–H groups in total. The fourth-order valence-electron chi connectivity index (χ4n) is 1.79. The number of carbonyl (C=O) groups excluding carboxylic acids is 1. The monoisotopic (exact) mass is 204 g/mol. The lowest BCUT2D eigenvalue weighted by atomic mass is 9.85. The highest BCUT2D eigenvalue weighted by molar-refractivity contribution is 5.95. The van der Waals surface area contributed by atoms with E-state index in [1.807, 2.05) is 29.4 Å². The number of amides is 1. The molecule has 0 aromatic heterocycles. The van der Waals surface area contributed by atoms with Gasteiger partial charge < -0.3 is 0 Å². The van der Waals surface area contributed by atoms with E-state index in [-0.39, 0.29) is 11.3 Å². The van der Waals surface area contributed by atoms with Gasteiger partial charge in [-0.25, -0.2) is 5.01 Å². The van der Waals surface area contributed by atoms with Crippen molar-refractivity contribution in [1.82, 2.24) is 10.0 Å². The topological polar surface area (TPSA) is 23.6 Å². The van der Waals surface area contributed by atoms with E-state index in [1.54, 1.807) is 11.2 Å². The molecular formula is C12H16N2O. The van der Waals surface area contributed by atoms with Gasteiger partial charge in [0.15, 0.2) is 0 Å². The molecule has 0 radical (unpaired) electrons. The maximum Gasteiger partial charge on any atom is 0.272 e. The molecule has 0 atom stereocenters. The third-order valence-electron chi connectivity index (χ3n) is 2.60. The van der Waals surface area contributed by atoms with Gasteiger partial charge in [0, 0.05) is 18.0 Å². The summed E-state index contributed by atoms with van der Waals surface area (Å²) in [6, 6.07) is 0. The summed E-state index contributed by atoms with van der Waals surface area (Å²) in [6.45, 7) is 6.96. The van der Waals surface area contributed by atoms with Crippen LogP contribution in [0.3, 0.4) is 0 Å². The molecule has 15 heavy (non-hydrogen) atoms. The fraction of sp³-hybridized carbons (Fsp3) is 0.417. The molecule has 3 nitrogen and oxygen atoms in total. The maximum absolute atomic E-state index is 12.1. The molecule has 0 aromatic carbocycles. The Bertz CT molecular complexity index is 372. The molecule has 1 amide bonds. The molecule has 2 aliphatic rings. The Morgan fingerprint density at radius 3 is 2.53 bits per heavy atom. The number of fused-ring (bicyclic) bond motifs is 1. The van der Waals surface area contributed by atoms with Crippen LogP contribution in [0.5, 0.6) is 0 Å². The van der Waals surface area contributed by atoms with E-state index >= 15 is 0 Å². The first-order valence-corrected chi connectivity index (χ1v) is 5.16. The quantitative estimate of drug-likeness (QED) is 0.603. The van der Waals surface area contributed by atoms with Crippen LogP contribution in [0.15, 0.2) is 36.2 Å². The molecule has 0 aromatic rings. The lowest BCUT2D eigenvalue weighted by Crippen LogP contribution is -2.46. The van der Waals surface area contributed by atoms with Crippen molar-refractivity contribution in [2.45, 2.75) is 20.8 Å². The van der Waals surface area contributed by atoms with Crippen molar-refractivity contribution in [3.05, 3.63) is 36.2 Å². The van der Waals surface area contributed by atoms with Crippen LogP contribution in [-0.2, 0) is 4.79 Å². The van der Waals surface area contributed by atoms with Gasteiger partial charge in [0.05, 0.1) is 6.54 Å². The van der Waals surface area contributed by atoms with E-state index in [0.717, 1.165) is 12.1 Å². The second-order valence-corrected chi connectivity index (χ2v) is 4.82. The third-order valence-corrected chi connectivity index (χ3v) is 2.60. The van der Waals surface area contributed by atoms with E-state index in [4.69, 9.17) is 0 Å². The van der Waals surface area contributed by atoms with Crippen LogP contribution in [0.4, 0.5) is 0 Å². The van der Waals surface area contributed by atoms with Gasteiger partial charge in [-0.05, 0) is 17.6 Å². The Kier molecular flexibility index (Phi) is 2.18. The third kappa shape index (κ3) is 1.69. The zero-order valence-electron chi connectivity index (χ0n) is 9.40. The van der Waals surface area contributed by atoms with Gasteiger partial charge >= 0.3 is 0 Å². The minimum Gasteiger partial charge on any atom is -0.282 e. The predicted molar refractivity (Wildman–Crippen MR) is 59.4 cm³/mol. The largest absolute Gasteiger partial charge is 0.282 e. The van der Waals surface area contributed by atoms with E-state index in [2.05, 4.69) is 20.8 Å². The van der Waals surface area contributed by atoms with Crippen LogP contribution in [0, 0.1) is 5.41 Å². The van der Waals surface area contributed by atoms with Crippen molar-refractivity contribution in [2.75, 3.05) is 6.54 Å². The Labute approximate surface area is 90.3 Å². The minimum atomic E-state index is -0.0851. The number of rotatable bonds is 0. The molecular weight excluding hydrogens is 188 g/mol. The molecule has 0 aliphatic carbocycles. The summed E-state index contributed by atoms with van der Waals surface area (Å²) in [6.07, 6.45) is 9.54. The Hall–Kier alpha value is -1.51. The normalized spacial score (nSPS) is 20.5. The lowest BCUT2D eigenvalue weighted by molar-refractivity contribution is -0.136. The molecule has 0 fully saturated rings. The number of hydrazine groups is 1. The summed E-state index contributed by atoms with van der Waals surface area (Å²) in [5, 5.41) is 3.57. The van der Waals surface area contributed by atoms with Gasteiger partial charge in [-0.3, -0.25) is 9.80 Å². The van der Waals surface area contributed by atoms with Crippen molar-refractivity contribution in [2.24, 2.45) is 5.41 Å². The van der Waals surface area contributed by atoms with Gasteiger partial charge in [0.2, 0.25) is 0 Å². The number of hydrogen-bond acceptors (Lipinski definition) is 2. The highest BCUT2D eigenvalue weighted by Crippen LogP contribution is 2.30. The summed E-state index contributed by atoms with van der Waals surface area (Å²) in [5.74, 6) is 0.0781. The van der Waals surface area contributed by atoms with Crippen molar-refractivity contribution in [3.63, 3.8) is 0 Å². The first-order chi connectivity index (χ1) is 7.00. The zero-order chi connectivity index (χ0) is 11.1. The first-order valence-electron chi connectivity index (χ1n) is 5.16. The Balaban J connectivity index is 2.33. The Morgan fingerprint density at radius 2 is 1.87 bits per heavy atom. The van der Waals surface area contributed by atoms with Gasteiger partial charge in [-0.15, -0.1) is 0 Å². The number of nitrogens with zero attached hydrogens (tertiary/aromatic N) is 2. The number of carbonyl (C=O) groups is 1. The maximum atomic E-state index is 12.1. The molecule has 2 aliphatic heterocycles. The molecule has 2 rings (SSSR count). The van der Waals surface area contributed by atoms with Gasteiger partial charge in [-0.2, -0.15) is 0 Å². The second-order valence-electron chi connectivity index (χ2n) is 4.82. The predicted octanol–water partition coefficient (Wildman–Crippen LogP) is 2.06. The van der Waals surface area contributed by atoms with Crippen molar-refractivity contribution < 1.29 is 4.79 Å². The van der Waals surface area contributed by atoms with E-state index in [9.17, 15) is 4.79 Å². The number of allylic oxidation sites excluding steroid dienone is 2. The Morgan fingerprint density at radius 1 is 1.20 bits per heavy atom. The zero-order valence-corrected chi connectivity index (χ0v) is 9.40. The average Bonchev–Trinajstić information content (AvgIpc) is 2.16. The van der Waals surface area contributed by atoms with Crippen LogP contribution in [0.2, 0.25) is 0 Å². The van der Waals surface area contributed by atoms with E-state index < -0.39 is 0 Å². The van der Waals surface area contributed by atoms with Crippen LogP contribution < -0.4 is 0 Å². The molecule has 0 saturated heterocycles. The van der Waals surface area contributed by atoms with Crippen LogP contribution >= 0.6 is 0 Å². The average molecular weight is 204 g/mol. The van der Waals surface area contributed by atoms with Gasteiger partial charge in [0.1, 0.15) is 0 Å². The highest BCUT2D eigenvalue weighted by Gasteiger charge is 2.32. The first kappa shape index (κ1) is 10.0. The van der Waals surface area contributed by atoms with Crippen LogP contribution in [-0.4, -0.2) is 22.5 Å².